The van der Waals surface area contributed by atoms with Gasteiger partial charge in [-0.05, 0) is 58.2 Å². The number of aryl methyl sites for hydroxylation is 1. The summed E-state index contributed by atoms with van der Waals surface area (Å²) in [5.41, 5.74) is 1.50. The molecule has 120 valence electrons. The fourth-order valence-corrected chi connectivity index (χ4v) is 2.32. The van der Waals surface area contributed by atoms with Crippen molar-refractivity contribution >= 4 is 0 Å². The Kier molecular flexibility index (Phi) is 7.58. The second-order valence-electron chi connectivity index (χ2n) is 6.52. The van der Waals surface area contributed by atoms with E-state index in [0.29, 0.717) is 0 Å². The molecule has 0 saturated carbocycles. The van der Waals surface area contributed by atoms with Crippen molar-refractivity contribution < 1.29 is 9.47 Å². The molecule has 0 fully saturated rings. The van der Waals surface area contributed by atoms with E-state index in [1.807, 2.05) is 12.1 Å². The number of hydrogen-bond donors (Lipinski definition) is 1. The molecule has 3 heteroatoms. The van der Waals surface area contributed by atoms with Crippen LogP contribution in [0.25, 0.3) is 0 Å². The zero-order valence-electron chi connectivity index (χ0n) is 14.3. The lowest BCUT2D eigenvalue weighted by molar-refractivity contribution is 0.390. The van der Waals surface area contributed by atoms with Crippen LogP contribution in [0, 0.1) is 0 Å². The summed E-state index contributed by atoms with van der Waals surface area (Å²) >= 11 is 0. The molecule has 0 aromatic heterocycles. The van der Waals surface area contributed by atoms with Crippen LogP contribution >= 0.6 is 0 Å². The summed E-state index contributed by atoms with van der Waals surface area (Å²) in [7, 11) is 3.40. The molecule has 1 aromatic carbocycles. The van der Waals surface area contributed by atoms with Crippen molar-refractivity contribution in [2.24, 2.45) is 0 Å². The smallest absolute Gasteiger partial charge is 0.125 e. The van der Waals surface area contributed by atoms with E-state index in [1.165, 1.54) is 31.2 Å². The van der Waals surface area contributed by atoms with Gasteiger partial charge in [0.1, 0.15) is 11.5 Å². The van der Waals surface area contributed by atoms with Crippen molar-refractivity contribution in [3.63, 3.8) is 0 Å². The van der Waals surface area contributed by atoms with Gasteiger partial charge in [0.2, 0.25) is 0 Å². The Hall–Kier alpha value is -1.22. The summed E-state index contributed by atoms with van der Waals surface area (Å²) in [6, 6.07) is 6.08. The Balaban J connectivity index is 2.24. The van der Waals surface area contributed by atoms with Gasteiger partial charge < -0.3 is 14.8 Å². The van der Waals surface area contributed by atoms with Gasteiger partial charge in [0.15, 0.2) is 0 Å². The molecule has 0 aliphatic carbocycles. The Morgan fingerprint density at radius 1 is 0.952 bits per heavy atom. The lowest BCUT2D eigenvalue weighted by atomic mass is 10.0. The second-order valence-corrected chi connectivity index (χ2v) is 6.52. The van der Waals surface area contributed by atoms with Gasteiger partial charge in [-0.2, -0.15) is 0 Å². The standard InChI is InChI=1S/C18H31NO2/c1-18(2,3)19-13-9-7-6-8-10-15-11-12-16(20-4)14-17(15)21-5/h11-12,14,19H,6-10,13H2,1-5H3. The zero-order chi connectivity index (χ0) is 15.7. The third-order valence-corrected chi connectivity index (χ3v) is 3.52. The first-order valence-electron chi connectivity index (χ1n) is 7.92. The summed E-state index contributed by atoms with van der Waals surface area (Å²) in [6.07, 6.45) is 6.07. The average Bonchev–Trinajstić information content (AvgIpc) is 2.45. The predicted octanol–water partition coefficient (Wildman–Crippen LogP) is 4.19. The molecule has 1 aromatic rings. The molecule has 0 radical (unpaired) electrons. The maximum atomic E-state index is 5.43. The molecular weight excluding hydrogens is 262 g/mol. The minimum atomic E-state index is 0.233. The van der Waals surface area contributed by atoms with Crippen LogP contribution < -0.4 is 14.8 Å². The summed E-state index contributed by atoms with van der Waals surface area (Å²) in [6.45, 7) is 7.74. The van der Waals surface area contributed by atoms with Gasteiger partial charge in [0.25, 0.3) is 0 Å². The van der Waals surface area contributed by atoms with Crippen molar-refractivity contribution in [3.05, 3.63) is 23.8 Å². The average molecular weight is 293 g/mol. The van der Waals surface area contributed by atoms with Crippen LogP contribution in [0.3, 0.4) is 0 Å². The number of methoxy groups -OCH3 is 2. The molecule has 0 spiro atoms. The van der Waals surface area contributed by atoms with Crippen molar-refractivity contribution in [3.8, 4) is 11.5 Å². The van der Waals surface area contributed by atoms with E-state index < -0.39 is 0 Å². The van der Waals surface area contributed by atoms with E-state index in [9.17, 15) is 0 Å². The van der Waals surface area contributed by atoms with Crippen LogP contribution in [-0.2, 0) is 6.42 Å². The predicted molar refractivity (Wildman–Crippen MR) is 89.5 cm³/mol. The Morgan fingerprint density at radius 2 is 1.67 bits per heavy atom. The van der Waals surface area contributed by atoms with E-state index >= 15 is 0 Å². The zero-order valence-corrected chi connectivity index (χ0v) is 14.3. The molecule has 0 atom stereocenters. The maximum absolute atomic E-state index is 5.43. The molecule has 1 rings (SSSR count). The molecule has 0 aliphatic heterocycles. The summed E-state index contributed by atoms with van der Waals surface area (Å²) in [5, 5.41) is 3.53. The third-order valence-electron chi connectivity index (χ3n) is 3.52. The topological polar surface area (TPSA) is 30.5 Å². The molecule has 0 bridgehead atoms. The van der Waals surface area contributed by atoms with Gasteiger partial charge in [-0.25, -0.2) is 0 Å². The lowest BCUT2D eigenvalue weighted by Gasteiger charge is -2.20. The van der Waals surface area contributed by atoms with Crippen molar-refractivity contribution in [1.29, 1.82) is 0 Å². The normalized spacial score (nSPS) is 11.5. The largest absolute Gasteiger partial charge is 0.497 e. The number of hydrogen-bond acceptors (Lipinski definition) is 3. The van der Waals surface area contributed by atoms with Crippen LogP contribution in [0.2, 0.25) is 0 Å². The van der Waals surface area contributed by atoms with Gasteiger partial charge in [0.05, 0.1) is 14.2 Å². The van der Waals surface area contributed by atoms with Crippen LogP contribution in [-0.4, -0.2) is 26.3 Å². The first-order chi connectivity index (χ1) is 9.96. The molecule has 0 unspecified atom stereocenters. The number of rotatable bonds is 9. The fourth-order valence-electron chi connectivity index (χ4n) is 2.32. The number of benzene rings is 1. The lowest BCUT2D eigenvalue weighted by Crippen LogP contribution is -2.36. The minimum absolute atomic E-state index is 0.233. The third kappa shape index (κ3) is 7.37. The summed E-state index contributed by atoms with van der Waals surface area (Å²) in [5.74, 6) is 1.78. The van der Waals surface area contributed by atoms with Gasteiger partial charge >= 0.3 is 0 Å². The highest BCUT2D eigenvalue weighted by Gasteiger charge is 2.07. The molecule has 21 heavy (non-hydrogen) atoms. The SMILES string of the molecule is COc1ccc(CCCCCCNC(C)(C)C)c(OC)c1. The second kappa shape index (κ2) is 8.93. The molecule has 0 aliphatic rings. The van der Waals surface area contributed by atoms with Crippen LogP contribution in [0.1, 0.15) is 52.0 Å². The molecule has 3 nitrogen and oxygen atoms in total. The van der Waals surface area contributed by atoms with E-state index in [0.717, 1.165) is 24.5 Å². The van der Waals surface area contributed by atoms with E-state index in [-0.39, 0.29) is 5.54 Å². The summed E-state index contributed by atoms with van der Waals surface area (Å²) in [4.78, 5) is 0. The summed E-state index contributed by atoms with van der Waals surface area (Å²) < 4.78 is 10.7. The number of ether oxygens (including phenoxy) is 2. The first-order valence-corrected chi connectivity index (χ1v) is 7.92. The van der Waals surface area contributed by atoms with Gasteiger partial charge in [-0.3, -0.25) is 0 Å². The van der Waals surface area contributed by atoms with Crippen LogP contribution in [0.5, 0.6) is 11.5 Å². The van der Waals surface area contributed by atoms with E-state index in [2.05, 4.69) is 32.2 Å². The minimum Gasteiger partial charge on any atom is -0.497 e. The molecular formula is C18H31NO2. The monoisotopic (exact) mass is 293 g/mol. The molecule has 0 saturated heterocycles. The highest BCUT2D eigenvalue weighted by Crippen LogP contribution is 2.26. The molecule has 1 N–H and O–H groups in total. The first kappa shape index (κ1) is 17.8. The van der Waals surface area contributed by atoms with Crippen molar-refractivity contribution in [2.75, 3.05) is 20.8 Å². The maximum Gasteiger partial charge on any atom is 0.125 e. The number of unbranched alkanes of at least 4 members (excludes halogenated alkanes) is 3. The molecule has 0 amide bonds. The van der Waals surface area contributed by atoms with Gasteiger partial charge in [0, 0.05) is 11.6 Å². The molecule has 0 heterocycles. The van der Waals surface area contributed by atoms with Crippen molar-refractivity contribution in [1.82, 2.24) is 5.32 Å². The Labute approximate surface area is 130 Å². The number of nitrogens with one attached hydrogen (secondary N) is 1. The highest BCUT2D eigenvalue weighted by atomic mass is 16.5. The van der Waals surface area contributed by atoms with E-state index in [1.54, 1.807) is 14.2 Å². The Bertz CT molecular complexity index is 410. The van der Waals surface area contributed by atoms with Crippen LogP contribution in [0.15, 0.2) is 18.2 Å². The van der Waals surface area contributed by atoms with E-state index in [4.69, 9.17) is 9.47 Å². The van der Waals surface area contributed by atoms with Gasteiger partial charge in [-0.1, -0.05) is 18.9 Å². The van der Waals surface area contributed by atoms with Crippen molar-refractivity contribution in [2.45, 2.75) is 58.4 Å². The Morgan fingerprint density at radius 3 is 2.29 bits per heavy atom. The highest BCUT2D eigenvalue weighted by molar-refractivity contribution is 5.40. The quantitative estimate of drug-likeness (QED) is 0.692. The van der Waals surface area contributed by atoms with Crippen LogP contribution in [0.4, 0.5) is 0 Å². The fraction of sp³-hybridized carbons (Fsp3) is 0.667. The van der Waals surface area contributed by atoms with Gasteiger partial charge in [-0.15, -0.1) is 0 Å².